The van der Waals surface area contributed by atoms with Crippen molar-refractivity contribution in [2.45, 2.75) is 6.92 Å². The lowest BCUT2D eigenvalue weighted by Crippen LogP contribution is -1.94. The number of methoxy groups -OCH3 is 3. The molecule has 0 aliphatic carbocycles. The lowest BCUT2D eigenvalue weighted by molar-refractivity contribution is 0.348. The first-order chi connectivity index (χ1) is 12.6. The summed E-state index contributed by atoms with van der Waals surface area (Å²) in [5, 5.41) is 2.99. The summed E-state index contributed by atoms with van der Waals surface area (Å²) in [6.07, 6.45) is 3.95. The maximum absolute atomic E-state index is 5.46. The van der Waals surface area contributed by atoms with Gasteiger partial charge in [0.1, 0.15) is 10.8 Å². The molecule has 0 saturated heterocycles. The first kappa shape index (κ1) is 18.0. The van der Waals surface area contributed by atoms with Gasteiger partial charge in [0.05, 0.1) is 27.0 Å². The minimum atomic E-state index is 0.636. The molecular formula is C21H21NO3S. The summed E-state index contributed by atoms with van der Waals surface area (Å²) in [5.74, 6) is 2.01. The fraction of sp³-hybridized carbons (Fsp3) is 0.190. The number of thiazole rings is 1. The van der Waals surface area contributed by atoms with Gasteiger partial charge in [-0.2, -0.15) is 0 Å². The lowest BCUT2D eigenvalue weighted by atomic mass is 10.1. The van der Waals surface area contributed by atoms with E-state index in [1.54, 1.807) is 32.7 Å². The van der Waals surface area contributed by atoms with Crippen molar-refractivity contribution in [3.8, 4) is 28.5 Å². The van der Waals surface area contributed by atoms with E-state index in [0.29, 0.717) is 17.2 Å². The number of hydrogen-bond acceptors (Lipinski definition) is 5. The van der Waals surface area contributed by atoms with Crippen LogP contribution >= 0.6 is 11.3 Å². The molecule has 26 heavy (non-hydrogen) atoms. The predicted molar refractivity (Wildman–Crippen MR) is 107 cm³/mol. The third-order valence-corrected chi connectivity index (χ3v) is 4.82. The van der Waals surface area contributed by atoms with E-state index in [9.17, 15) is 0 Å². The maximum Gasteiger partial charge on any atom is 0.164 e. The summed E-state index contributed by atoms with van der Waals surface area (Å²) in [7, 11) is 4.86. The molecule has 0 radical (unpaired) electrons. The minimum Gasteiger partial charge on any atom is -0.496 e. The first-order valence-corrected chi connectivity index (χ1v) is 9.03. The number of benzene rings is 2. The fourth-order valence-electron chi connectivity index (χ4n) is 2.57. The smallest absolute Gasteiger partial charge is 0.164 e. The summed E-state index contributed by atoms with van der Waals surface area (Å²) < 4.78 is 16.1. The summed E-state index contributed by atoms with van der Waals surface area (Å²) in [6, 6.07) is 12.1. The van der Waals surface area contributed by atoms with E-state index in [0.717, 1.165) is 21.8 Å². The predicted octanol–water partition coefficient (Wildman–Crippen LogP) is 5.31. The van der Waals surface area contributed by atoms with Crippen molar-refractivity contribution in [2.75, 3.05) is 21.3 Å². The number of hydrogen-bond donors (Lipinski definition) is 0. The van der Waals surface area contributed by atoms with Gasteiger partial charge in [-0.25, -0.2) is 4.98 Å². The Morgan fingerprint density at radius 1 is 0.846 bits per heavy atom. The van der Waals surface area contributed by atoms with Crippen molar-refractivity contribution < 1.29 is 14.2 Å². The second-order valence-electron chi connectivity index (χ2n) is 5.72. The van der Waals surface area contributed by atoms with Gasteiger partial charge in [-0.3, -0.25) is 0 Å². The number of aromatic nitrogens is 1. The Morgan fingerprint density at radius 2 is 1.50 bits per heavy atom. The molecule has 0 unspecified atom stereocenters. The molecule has 3 rings (SSSR count). The third-order valence-electron chi connectivity index (χ3n) is 4.01. The van der Waals surface area contributed by atoms with E-state index in [-0.39, 0.29) is 0 Å². The number of rotatable bonds is 6. The van der Waals surface area contributed by atoms with Gasteiger partial charge in [0.25, 0.3) is 0 Å². The van der Waals surface area contributed by atoms with Crippen LogP contribution in [0.1, 0.15) is 16.1 Å². The molecule has 0 amide bonds. The van der Waals surface area contributed by atoms with Crippen molar-refractivity contribution in [3.05, 3.63) is 57.9 Å². The van der Waals surface area contributed by atoms with Crippen molar-refractivity contribution in [1.29, 1.82) is 0 Å². The summed E-state index contributed by atoms with van der Waals surface area (Å²) in [4.78, 5) is 4.69. The Bertz CT molecular complexity index is 914. The number of ether oxygens (including phenoxy) is 3. The van der Waals surface area contributed by atoms with Crippen LogP contribution in [0.25, 0.3) is 23.4 Å². The molecule has 3 aromatic rings. The van der Waals surface area contributed by atoms with Crippen molar-refractivity contribution in [3.63, 3.8) is 0 Å². The highest BCUT2D eigenvalue weighted by molar-refractivity contribution is 7.10. The molecule has 0 aliphatic heterocycles. The molecule has 0 atom stereocenters. The van der Waals surface area contributed by atoms with E-state index in [1.807, 2.05) is 24.3 Å². The van der Waals surface area contributed by atoms with Gasteiger partial charge in [0.2, 0.25) is 0 Å². The standard InChI is InChI=1S/C21H21NO3S/c1-14-5-7-15(8-6-14)17-13-26-21(22-17)10-9-16-11-19(24-3)20(25-4)12-18(16)23-2/h5-13H,1-4H3/b10-9+. The van der Waals surface area contributed by atoms with Crippen LogP contribution in [0.2, 0.25) is 0 Å². The molecule has 0 fully saturated rings. The normalized spacial score (nSPS) is 10.9. The molecule has 0 aliphatic rings. The van der Waals surface area contributed by atoms with Crippen LogP contribution in [0.4, 0.5) is 0 Å². The second kappa shape index (κ2) is 8.06. The molecule has 0 spiro atoms. The van der Waals surface area contributed by atoms with Gasteiger partial charge in [-0.15, -0.1) is 11.3 Å². The van der Waals surface area contributed by atoms with Gasteiger partial charge in [-0.1, -0.05) is 29.8 Å². The molecule has 0 saturated carbocycles. The van der Waals surface area contributed by atoms with E-state index in [4.69, 9.17) is 19.2 Å². The lowest BCUT2D eigenvalue weighted by Gasteiger charge is -2.11. The highest BCUT2D eigenvalue weighted by Gasteiger charge is 2.10. The monoisotopic (exact) mass is 367 g/mol. The minimum absolute atomic E-state index is 0.636. The van der Waals surface area contributed by atoms with Crippen LogP contribution in [-0.2, 0) is 0 Å². The third kappa shape index (κ3) is 3.89. The van der Waals surface area contributed by atoms with E-state index in [2.05, 4.69) is 36.6 Å². The van der Waals surface area contributed by atoms with Crippen LogP contribution in [0.5, 0.6) is 17.2 Å². The van der Waals surface area contributed by atoms with Gasteiger partial charge in [0, 0.05) is 22.6 Å². The largest absolute Gasteiger partial charge is 0.496 e. The van der Waals surface area contributed by atoms with E-state index < -0.39 is 0 Å². The molecular weight excluding hydrogens is 346 g/mol. The molecule has 2 aromatic carbocycles. The summed E-state index contributed by atoms with van der Waals surface area (Å²) in [6.45, 7) is 2.08. The first-order valence-electron chi connectivity index (χ1n) is 8.15. The molecule has 4 nitrogen and oxygen atoms in total. The topological polar surface area (TPSA) is 40.6 Å². The Morgan fingerprint density at radius 3 is 2.15 bits per heavy atom. The fourth-order valence-corrected chi connectivity index (χ4v) is 3.28. The van der Waals surface area contributed by atoms with E-state index in [1.165, 1.54) is 5.56 Å². The van der Waals surface area contributed by atoms with Gasteiger partial charge >= 0.3 is 0 Å². The van der Waals surface area contributed by atoms with Gasteiger partial charge in [-0.05, 0) is 25.1 Å². The van der Waals surface area contributed by atoms with Gasteiger partial charge < -0.3 is 14.2 Å². The number of nitrogens with zero attached hydrogens (tertiary/aromatic N) is 1. The Kier molecular flexibility index (Phi) is 5.58. The van der Waals surface area contributed by atoms with Crippen molar-refractivity contribution >= 4 is 23.5 Å². The van der Waals surface area contributed by atoms with Crippen LogP contribution < -0.4 is 14.2 Å². The zero-order valence-electron chi connectivity index (χ0n) is 15.3. The summed E-state index contributed by atoms with van der Waals surface area (Å²) in [5.41, 5.74) is 4.24. The van der Waals surface area contributed by atoms with Gasteiger partial charge in [0.15, 0.2) is 11.5 Å². The van der Waals surface area contributed by atoms with Crippen LogP contribution in [0.15, 0.2) is 41.8 Å². The molecule has 1 heterocycles. The van der Waals surface area contributed by atoms with E-state index >= 15 is 0 Å². The molecule has 0 N–H and O–H groups in total. The molecule has 0 bridgehead atoms. The average Bonchev–Trinajstić information content (AvgIpc) is 3.15. The van der Waals surface area contributed by atoms with Crippen LogP contribution in [0.3, 0.4) is 0 Å². The molecule has 1 aromatic heterocycles. The SMILES string of the molecule is COc1cc(OC)c(OC)cc1/C=C/c1nc(-c2ccc(C)cc2)cs1. The Balaban J connectivity index is 1.87. The maximum atomic E-state index is 5.46. The second-order valence-corrected chi connectivity index (χ2v) is 6.61. The molecule has 134 valence electrons. The van der Waals surface area contributed by atoms with Crippen LogP contribution in [-0.4, -0.2) is 26.3 Å². The Hall–Kier alpha value is -2.79. The average molecular weight is 367 g/mol. The van der Waals surface area contributed by atoms with Crippen molar-refractivity contribution in [2.24, 2.45) is 0 Å². The highest BCUT2D eigenvalue weighted by Crippen LogP contribution is 2.35. The zero-order chi connectivity index (χ0) is 18.5. The van der Waals surface area contributed by atoms with Crippen molar-refractivity contribution in [1.82, 2.24) is 4.98 Å². The Labute approximate surface area is 157 Å². The molecule has 5 heteroatoms. The quantitative estimate of drug-likeness (QED) is 0.592. The zero-order valence-corrected chi connectivity index (χ0v) is 16.1. The summed E-state index contributed by atoms with van der Waals surface area (Å²) >= 11 is 1.60. The highest BCUT2D eigenvalue weighted by atomic mass is 32.1. The number of aryl methyl sites for hydroxylation is 1. The van der Waals surface area contributed by atoms with Crippen LogP contribution in [0, 0.1) is 6.92 Å².